The maximum Gasteiger partial charge on any atom is 0.255 e. The van der Waals surface area contributed by atoms with E-state index in [1.54, 1.807) is 12.3 Å². The van der Waals surface area contributed by atoms with Crippen LogP contribution in [0.5, 0.6) is 0 Å². The molecule has 9 nitrogen and oxygen atoms in total. The lowest BCUT2D eigenvalue weighted by molar-refractivity contribution is 0.102. The SMILES string of the molecule is Cc1ccc(NC(=O)c2cc(CF)cc(N3CCC(N(C)C)C3)c2)cc1Nc1nc2ccccc2n1-c1ccncn1. The number of anilines is 4. The van der Waals surface area contributed by atoms with Crippen LogP contribution < -0.4 is 15.5 Å². The molecular weight excluding hydrogens is 531 g/mol. The zero-order valence-electron chi connectivity index (χ0n) is 23.9. The Morgan fingerprint density at radius 3 is 2.71 bits per heavy atom. The number of aryl methyl sites for hydroxylation is 1. The van der Waals surface area contributed by atoms with E-state index in [1.165, 1.54) is 6.33 Å². The zero-order valence-corrected chi connectivity index (χ0v) is 23.9. The summed E-state index contributed by atoms with van der Waals surface area (Å²) in [6, 6.07) is 21.1. The molecule has 2 N–H and O–H groups in total. The Hall–Kier alpha value is -4.83. The third-order valence-electron chi connectivity index (χ3n) is 7.75. The van der Waals surface area contributed by atoms with Crippen LogP contribution in [-0.2, 0) is 6.67 Å². The fraction of sp³-hybridized carbons (Fsp3) is 0.250. The fourth-order valence-electron chi connectivity index (χ4n) is 5.38. The van der Waals surface area contributed by atoms with Gasteiger partial charge in [-0.2, -0.15) is 0 Å². The van der Waals surface area contributed by atoms with Gasteiger partial charge in [-0.3, -0.25) is 9.36 Å². The Labute approximate surface area is 244 Å². The van der Waals surface area contributed by atoms with Crippen molar-refractivity contribution < 1.29 is 9.18 Å². The summed E-state index contributed by atoms with van der Waals surface area (Å²) in [5.41, 5.74) is 5.87. The molecule has 42 heavy (non-hydrogen) atoms. The highest BCUT2D eigenvalue weighted by Crippen LogP contribution is 2.30. The van der Waals surface area contributed by atoms with Crippen LogP contribution >= 0.6 is 0 Å². The molecule has 3 aromatic carbocycles. The van der Waals surface area contributed by atoms with E-state index in [0.717, 1.165) is 47.5 Å². The molecule has 3 heterocycles. The van der Waals surface area contributed by atoms with Gasteiger partial charge in [-0.1, -0.05) is 18.2 Å². The Kier molecular flexibility index (Phi) is 7.54. The smallest absolute Gasteiger partial charge is 0.255 e. The zero-order chi connectivity index (χ0) is 29.2. The molecule has 1 aliphatic heterocycles. The molecule has 0 spiro atoms. The van der Waals surface area contributed by atoms with Crippen molar-refractivity contribution in [2.24, 2.45) is 0 Å². The second kappa shape index (κ2) is 11.6. The molecule has 1 atom stereocenters. The first-order chi connectivity index (χ1) is 20.4. The van der Waals surface area contributed by atoms with Crippen molar-refractivity contribution in [3.05, 3.63) is 95.9 Å². The third-order valence-corrected chi connectivity index (χ3v) is 7.75. The molecule has 0 radical (unpaired) electrons. The standard InChI is InChI=1S/C32H33FN8O/c1-21-8-9-24(36-31(42)23-14-22(18-33)15-26(16-23)40-13-11-25(19-40)39(2)3)17-28(21)38-32-37-27-6-4-5-7-29(27)41(32)30-10-12-34-20-35-30/h4-10,12,14-17,20,25H,11,13,18-19H2,1-3H3,(H,36,42)(H,37,38). The number of imidazole rings is 1. The van der Waals surface area contributed by atoms with Crippen molar-refractivity contribution in [3.63, 3.8) is 0 Å². The van der Waals surface area contributed by atoms with Gasteiger partial charge in [0.05, 0.1) is 11.0 Å². The van der Waals surface area contributed by atoms with Crippen LogP contribution in [0.15, 0.2) is 79.3 Å². The maximum absolute atomic E-state index is 13.8. The molecule has 0 bridgehead atoms. The molecule has 5 aromatic rings. The molecule has 10 heteroatoms. The molecule has 1 unspecified atom stereocenters. The van der Waals surface area contributed by atoms with Crippen molar-refractivity contribution in [2.75, 3.05) is 42.7 Å². The lowest BCUT2D eigenvalue weighted by Crippen LogP contribution is -2.31. The van der Waals surface area contributed by atoms with E-state index in [9.17, 15) is 9.18 Å². The van der Waals surface area contributed by atoms with E-state index in [2.05, 4.69) is 44.5 Å². The molecule has 0 aliphatic carbocycles. The summed E-state index contributed by atoms with van der Waals surface area (Å²) in [4.78, 5) is 31.1. The van der Waals surface area contributed by atoms with Crippen LogP contribution in [0, 0.1) is 6.92 Å². The lowest BCUT2D eigenvalue weighted by Gasteiger charge is -2.23. The second-order valence-electron chi connectivity index (χ2n) is 10.8. The van der Waals surface area contributed by atoms with Crippen LogP contribution in [0.2, 0.25) is 0 Å². The van der Waals surface area contributed by atoms with Gasteiger partial charge in [0.2, 0.25) is 5.95 Å². The van der Waals surface area contributed by atoms with Gasteiger partial charge < -0.3 is 20.4 Å². The predicted molar refractivity (Wildman–Crippen MR) is 165 cm³/mol. The van der Waals surface area contributed by atoms with Crippen molar-refractivity contribution in [1.82, 2.24) is 24.4 Å². The summed E-state index contributed by atoms with van der Waals surface area (Å²) in [6.07, 6.45) is 4.22. The molecule has 0 saturated carbocycles. The van der Waals surface area contributed by atoms with Gasteiger partial charge >= 0.3 is 0 Å². The van der Waals surface area contributed by atoms with E-state index in [0.29, 0.717) is 34.6 Å². The summed E-state index contributed by atoms with van der Waals surface area (Å²) in [7, 11) is 4.14. The molecule has 214 valence electrons. The van der Waals surface area contributed by atoms with Crippen LogP contribution in [0.4, 0.5) is 27.4 Å². The van der Waals surface area contributed by atoms with Gasteiger partial charge in [0.25, 0.3) is 5.91 Å². The predicted octanol–water partition coefficient (Wildman–Crippen LogP) is 5.73. The summed E-state index contributed by atoms with van der Waals surface area (Å²) >= 11 is 0. The van der Waals surface area contributed by atoms with Gasteiger partial charge in [-0.05, 0) is 87.1 Å². The van der Waals surface area contributed by atoms with E-state index in [4.69, 9.17) is 4.98 Å². The number of hydrogen-bond donors (Lipinski definition) is 2. The number of hydrogen-bond acceptors (Lipinski definition) is 7. The summed E-state index contributed by atoms with van der Waals surface area (Å²) in [6.45, 7) is 3.06. The van der Waals surface area contributed by atoms with E-state index >= 15 is 0 Å². The van der Waals surface area contributed by atoms with E-state index < -0.39 is 6.67 Å². The number of benzene rings is 3. The number of nitrogens with zero attached hydrogens (tertiary/aromatic N) is 6. The van der Waals surface area contributed by atoms with Gasteiger partial charge in [0.1, 0.15) is 18.8 Å². The number of aromatic nitrogens is 4. The first kappa shape index (κ1) is 27.3. The number of carbonyl (C=O) groups excluding carboxylic acids is 1. The minimum atomic E-state index is -0.634. The van der Waals surface area contributed by atoms with Gasteiger partial charge in [-0.15, -0.1) is 0 Å². The minimum Gasteiger partial charge on any atom is -0.370 e. The van der Waals surface area contributed by atoms with Crippen LogP contribution in [0.3, 0.4) is 0 Å². The second-order valence-corrected chi connectivity index (χ2v) is 10.8. The number of likely N-dealkylation sites (N-methyl/N-ethyl adjacent to an activating group) is 1. The van der Waals surface area contributed by atoms with Crippen LogP contribution in [-0.4, -0.2) is 63.6 Å². The third kappa shape index (κ3) is 5.53. The fourth-order valence-corrected chi connectivity index (χ4v) is 5.38. The number of halogens is 1. The molecule has 1 saturated heterocycles. The number of fused-ring (bicyclic) bond motifs is 1. The Morgan fingerprint density at radius 2 is 1.95 bits per heavy atom. The van der Waals surface area contributed by atoms with Crippen molar-refractivity contribution >= 4 is 40.0 Å². The van der Waals surface area contributed by atoms with Gasteiger partial charge in [0, 0.05) is 48.0 Å². The topological polar surface area (TPSA) is 91.2 Å². The largest absolute Gasteiger partial charge is 0.370 e. The lowest BCUT2D eigenvalue weighted by atomic mass is 10.1. The number of alkyl halides is 1. The highest BCUT2D eigenvalue weighted by atomic mass is 19.1. The minimum absolute atomic E-state index is 0.294. The van der Waals surface area contributed by atoms with Gasteiger partial charge in [0.15, 0.2) is 0 Å². The van der Waals surface area contributed by atoms with Crippen LogP contribution in [0.25, 0.3) is 16.9 Å². The number of rotatable bonds is 8. The van der Waals surface area contributed by atoms with Crippen LogP contribution in [0.1, 0.15) is 27.9 Å². The highest BCUT2D eigenvalue weighted by Gasteiger charge is 2.25. The summed E-state index contributed by atoms with van der Waals surface area (Å²) in [5.74, 6) is 0.975. The monoisotopic (exact) mass is 564 g/mol. The molecule has 1 fully saturated rings. The average molecular weight is 565 g/mol. The number of para-hydroxylation sites is 2. The first-order valence-electron chi connectivity index (χ1n) is 13.9. The first-order valence-corrected chi connectivity index (χ1v) is 13.9. The molecule has 1 amide bonds. The van der Waals surface area contributed by atoms with E-state index in [1.807, 2.05) is 72.2 Å². The van der Waals surface area contributed by atoms with Crippen molar-refractivity contribution in [1.29, 1.82) is 0 Å². The van der Waals surface area contributed by atoms with Gasteiger partial charge in [-0.25, -0.2) is 19.3 Å². The number of carbonyl (C=O) groups is 1. The van der Waals surface area contributed by atoms with E-state index in [-0.39, 0.29) is 5.91 Å². The summed E-state index contributed by atoms with van der Waals surface area (Å²) < 4.78 is 15.8. The molecule has 2 aromatic heterocycles. The average Bonchev–Trinajstić information content (AvgIpc) is 3.65. The Balaban J connectivity index is 1.27. The molecular formula is C32H33FN8O. The van der Waals surface area contributed by atoms with Crippen molar-refractivity contribution in [2.45, 2.75) is 26.1 Å². The molecule has 6 rings (SSSR count). The Morgan fingerprint density at radius 1 is 1.10 bits per heavy atom. The highest BCUT2D eigenvalue weighted by molar-refractivity contribution is 6.05. The quantitative estimate of drug-likeness (QED) is 0.249. The Bertz CT molecular complexity index is 1740. The number of amides is 1. The van der Waals surface area contributed by atoms with Crippen molar-refractivity contribution in [3.8, 4) is 5.82 Å². The summed E-state index contributed by atoms with van der Waals surface area (Å²) in [5, 5.41) is 6.44. The molecule has 1 aliphatic rings. The normalized spacial score (nSPS) is 15.0. The maximum atomic E-state index is 13.8. The number of nitrogens with one attached hydrogen (secondary N) is 2.